The van der Waals surface area contributed by atoms with E-state index in [0.717, 1.165) is 25.9 Å². The van der Waals surface area contributed by atoms with Crippen molar-refractivity contribution in [3.8, 4) is 0 Å². The molecule has 3 nitrogen and oxygen atoms in total. The van der Waals surface area contributed by atoms with Crippen LogP contribution < -0.4 is 5.73 Å². The maximum Gasteiger partial charge on any atom is 0.0599 e. The first-order valence-electron chi connectivity index (χ1n) is 6.75. The Bertz CT molecular complexity index is 386. The summed E-state index contributed by atoms with van der Waals surface area (Å²) in [4.78, 5) is 2.49. The number of halogens is 1. The van der Waals surface area contributed by atoms with Gasteiger partial charge in [-0.25, -0.2) is 0 Å². The number of hydrogen-bond acceptors (Lipinski definition) is 3. The summed E-state index contributed by atoms with van der Waals surface area (Å²) < 4.78 is 5.46. The molecule has 2 unspecified atom stereocenters. The third-order valence-electron chi connectivity index (χ3n) is 3.86. The fourth-order valence-electron chi connectivity index (χ4n) is 2.78. The van der Waals surface area contributed by atoms with Gasteiger partial charge in [0.1, 0.15) is 0 Å². The minimum absolute atomic E-state index is 0. The van der Waals surface area contributed by atoms with E-state index < -0.39 is 0 Å². The molecule has 1 aromatic carbocycles. The van der Waals surface area contributed by atoms with Gasteiger partial charge in [0.15, 0.2) is 0 Å². The Kier molecular flexibility index (Phi) is 6.80. The highest BCUT2D eigenvalue weighted by Crippen LogP contribution is 2.21. The van der Waals surface area contributed by atoms with Crippen molar-refractivity contribution < 1.29 is 4.74 Å². The van der Waals surface area contributed by atoms with Gasteiger partial charge in [0.25, 0.3) is 0 Å². The van der Waals surface area contributed by atoms with E-state index in [4.69, 9.17) is 10.5 Å². The summed E-state index contributed by atoms with van der Waals surface area (Å²) >= 11 is 0. The van der Waals surface area contributed by atoms with Gasteiger partial charge in [-0.15, -0.1) is 12.4 Å². The Hall–Kier alpha value is -0.610. The number of hydrogen-bond donors (Lipinski definition) is 1. The number of ether oxygens (including phenoxy) is 1. The molecule has 0 spiro atoms. The van der Waals surface area contributed by atoms with E-state index in [0.29, 0.717) is 18.7 Å². The van der Waals surface area contributed by atoms with Gasteiger partial charge >= 0.3 is 0 Å². The zero-order valence-electron chi connectivity index (χ0n) is 11.8. The summed E-state index contributed by atoms with van der Waals surface area (Å²) in [5.41, 5.74) is 8.60. The molecule has 0 radical (unpaired) electrons. The van der Waals surface area contributed by atoms with Gasteiger partial charge in [0.05, 0.1) is 6.10 Å². The maximum absolute atomic E-state index is 5.90. The Balaban J connectivity index is 0.00000180. The highest BCUT2D eigenvalue weighted by Gasteiger charge is 2.27. The predicted molar refractivity (Wildman–Crippen MR) is 81.7 cm³/mol. The topological polar surface area (TPSA) is 38.5 Å². The quantitative estimate of drug-likeness (QED) is 0.922. The number of rotatable bonds is 4. The minimum Gasteiger partial charge on any atom is -0.381 e. The van der Waals surface area contributed by atoms with Crippen molar-refractivity contribution in [2.45, 2.75) is 38.5 Å². The van der Waals surface area contributed by atoms with E-state index in [9.17, 15) is 0 Å². The molecule has 2 rings (SSSR count). The van der Waals surface area contributed by atoms with Crippen LogP contribution in [0.1, 0.15) is 24.0 Å². The van der Waals surface area contributed by atoms with Crippen LogP contribution in [0.25, 0.3) is 0 Å². The van der Waals surface area contributed by atoms with Crippen LogP contribution in [0.2, 0.25) is 0 Å². The van der Waals surface area contributed by atoms with Crippen LogP contribution >= 0.6 is 12.4 Å². The van der Waals surface area contributed by atoms with Crippen molar-refractivity contribution in [3.63, 3.8) is 0 Å². The largest absolute Gasteiger partial charge is 0.381 e. The van der Waals surface area contributed by atoms with Crippen molar-refractivity contribution in [3.05, 3.63) is 35.4 Å². The summed E-state index contributed by atoms with van der Waals surface area (Å²) in [5, 5.41) is 0. The lowest BCUT2D eigenvalue weighted by Crippen LogP contribution is -2.47. The lowest BCUT2D eigenvalue weighted by molar-refractivity contribution is 0.0102. The number of likely N-dealkylation sites (tertiary alicyclic amines) is 1. The molecule has 1 aromatic rings. The summed E-state index contributed by atoms with van der Waals surface area (Å²) in [6.07, 6.45) is 2.55. The van der Waals surface area contributed by atoms with Crippen LogP contribution in [0.3, 0.4) is 0 Å². The van der Waals surface area contributed by atoms with Crippen molar-refractivity contribution in [1.82, 2.24) is 4.90 Å². The third kappa shape index (κ3) is 4.46. The van der Waals surface area contributed by atoms with Gasteiger partial charge in [0, 0.05) is 32.8 Å². The average molecular weight is 285 g/mol. The van der Waals surface area contributed by atoms with E-state index in [2.05, 4.69) is 36.1 Å². The van der Waals surface area contributed by atoms with Gasteiger partial charge in [0.2, 0.25) is 0 Å². The molecule has 0 aliphatic carbocycles. The molecule has 1 aliphatic heterocycles. The van der Waals surface area contributed by atoms with Gasteiger partial charge in [-0.3, -0.25) is 4.90 Å². The molecule has 19 heavy (non-hydrogen) atoms. The molecule has 0 bridgehead atoms. The summed E-state index contributed by atoms with van der Waals surface area (Å²) in [6.45, 7) is 4.93. The molecular weight excluding hydrogens is 260 g/mol. The van der Waals surface area contributed by atoms with E-state index in [1.807, 2.05) is 0 Å². The number of aryl methyl sites for hydroxylation is 1. The summed E-state index contributed by atoms with van der Waals surface area (Å²) in [7, 11) is 1.80. The molecule has 0 amide bonds. The molecule has 4 heteroatoms. The molecule has 1 aliphatic rings. The SMILES string of the molecule is COC1CCN(Cc2cccc(C)c2)C(CN)C1.Cl. The van der Waals surface area contributed by atoms with Crippen LogP contribution in [0, 0.1) is 6.92 Å². The van der Waals surface area contributed by atoms with Crippen molar-refractivity contribution in [1.29, 1.82) is 0 Å². The zero-order chi connectivity index (χ0) is 13.0. The van der Waals surface area contributed by atoms with Crippen LogP contribution in [-0.4, -0.2) is 37.2 Å². The van der Waals surface area contributed by atoms with E-state index >= 15 is 0 Å². The average Bonchev–Trinajstić information content (AvgIpc) is 2.39. The van der Waals surface area contributed by atoms with Gasteiger partial charge in [-0.05, 0) is 25.3 Å². The smallest absolute Gasteiger partial charge is 0.0599 e. The second kappa shape index (κ2) is 7.85. The van der Waals surface area contributed by atoms with Crippen LogP contribution in [-0.2, 0) is 11.3 Å². The standard InChI is InChI=1S/C15H24N2O.ClH/c1-12-4-3-5-13(8-12)11-17-7-6-15(18-2)9-14(17)10-16;/h3-5,8,14-15H,6-7,9-11,16H2,1-2H3;1H. The third-order valence-corrected chi connectivity index (χ3v) is 3.86. The molecule has 1 heterocycles. The number of piperidine rings is 1. The van der Waals surface area contributed by atoms with Crippen LogP contribution in [0.5, 0.6) is 0 Å². The first kappa shape index (κ1) is 16.4. The molecule has 0 saturated carbocycles. The Labute approximate surface area is 122 Å². The van der Waals surface area contributed by atoms with Crippen molar-refractivity contribution in [2.24, 2.45) is 5.73 Å². The highest BCUT2D eigenvalue weighted by molar-refractivity contribution is 5.85. The molecule has 1 fully saturated rings. The van der Waals surface area contributed by atoms with Crippen molar-refractivity contribution >= 4 is 12.4 Å². The lowest BCUT2D eigenvalue weighted by Gasteiger charge is -2.38. The molecule has 2 N–H and O–H groups in total. The number of benzene rings is 1. The second-order valence-electron chi connectivity index (χ2n) is 5.23. The Morgan fingerprint density at radius 3 is 2.84 bits per heavy atom. The first-order chi connectivity index (χ1) is 8.72. The fourth-order valence-corrected chi connectivity index (χ4v) is 2.78. The maximum atomic E-state index is 5.90. The first-order valence-corrected chi connectivity index (χ1v) is 6.75. The van der Waals surface area contributed by atoms with E-state index in [-0.39, 0.29) is 12.4 Å². The normalized spacial score (nSPS) is 23.9. The van der Waals surface area contributed by atoms with E-state index in [1.54, 1.807) is 7.11 Å². The highest BCUT2D eigenvalue weighted by atomic mass is 35.5. The van der Waals surface area contributed by atoms with Crippen LogP contribution in [0.4, 0.5) is 0 Å². The van der Waals surface area contributed by atoms with Gasteiger partial charge in [-0.1, -0.05) is 29.8 Å². The second-order valence-corrected chi connectivity index (χ2v) is 5.23. The molecule has 108 valence electrons. The molecule has 0 aromatic heterocycles. The number of methoxy groups -OCH3 is 1. The summed E-state index contributed by atoms with van der Waals surface area (Å²) in [5.74, 6) is 0. The Morgan fingerprint density at radius 2 is 2.21 bits per heavy atom. The fraction of sp³-hybridized carbons (Fsp3) is 0.600. The van der Waals surface area contributed by atoms with Gasteiger partial charge in [-0.2, -0.15) is 0 Å². The zero-order valence-corrected chi connectivity index (χ0v) is 12.7. The monoisotopic (exact) mass is 284 g/mol. The van der Waals surface area contributed by atoms with Gasteiger partial charge < -0.3 is 10.5 Å². The summed E-state index contributed by atoms with van der Waals surface area (Å²) in [6, 6.07) is 9.17. The van der Waals surface area contributed by atoms with E-state index in [1.165, 1.54) is 11.1 Å². The van der Waals surface area contributed by atoms with Crippen LogP contribution in [0.15, 0.2) is 24.3 Å². The predicted octanol–water partition coefficient (Wildman–Crippen LogP) is 2.35. The van der Waals surface area contributed by atoms with Crippen molar-refractivity contribution in [2.75, 3.05) is 20.2 Å². The molecule has 2 atom stereocenters. The lowest BCUT2D eigenvalue weighted by atomic mass is 9.98. The minimum atomic E-state index is 0. The molecular formula is C15H25ClN2O. The molecule has 1 saturated heterocycles. The number of nitrogens with zero attached hydrogens (tertiary/aromatic N) is 1. The Morgan fingerprint density at radius 1 is 1.42 bits per heavy atom. The number of nitrogens with two attached hydrogens (primary N) is 1.